The number of nitrogens with zero attached hydrogens (tertiary/aromatic N) is 2. The fourth-order valence-corrected chi connectivity index (χ4v) is 7.06. The van der Waals surface area contributed by atoms with Crippen LogP contribution in [0, 0.1) is 23.2 Å². The number of benzene rings is 2. The molecule has 5 N–H and O–H groups in total. The smallest absolute Gasteiger partial charge is 0.321 e. The normalized spacial score (nSPS) is 21.2. The molecule has 0 aliphatic carbocycles. The molecule has 2 heterocycles. The number of ketones is 2. The van der Waals surface area contributed by atoms with Crippen molar-refractivity contribution in [3.63, 3.8) is 0 Å². The zero-order valence-electron chi connectivity index (χ0n) is 26.1. The zero-order chi connectivity index (χ0) is 32.7. The molecule has 1 amide bonds. The second-order valence-corrected chi connectivity index (χ2v) is 12.9. The van der Waals surface area contributed by atoms with Crippen molar-refractivity contribution in [2.45, 2.75) is 76.3 Å². The first kappa shape index (κ1) is 34.3. The Morgan fingerprint density at radius 2 is 1.84 bits per heavy atom. The van der Waals surface area contributed by atoms with Gasteiger partial charge in [0.05, 0.1) is 35.7 Å². The van der Waals surface area contributed by atoms with Gasteiger partial charge < -0.3 is 21.1 Å². The molecular formula is C34H43N5O5S. The van der Waals surface area contributed by atoms with Gasteiger partial charge in [-0.05, 0) is 53.8 Å². The summed E-state index contributed by atoms with van der Waals surface area (Å²) in [6.07, 6.45) is 3.71. The molecule has 0 aromatic heterocycles. The molecule has 2 aromatic carbocycles. The number of nitriles is 1. The predicted molar refractivity (Wildman–Crippen MR) is 173 cm³/mol. The second-order valence-electron chi connectivity index (χ2n) is 12.0. The Hall–Kier alpha value is -3.56. The van der Waals surface area contributed by atoms with Crippen molar-refractivity contribution in [3.8, 4) is 6.07 Å². The highest BCUT2D eigenvalue weighted by Crippen LogP contribution is 2.30. The number of nitrogens with two attached hydrogens (primary N) is 1. The first-order valence-corrected chi connectivity index (χ1v) is 16.9. The summed E-state index contributed by atoms with van der Waals surface area (Å²) in [7, 11) is 0. The Kier molecular flexibility index (Phi) is 11.9. The number of nitrogens with one attached hydrogen (secondary N) is 2. The number of fused-ring (bicyclic) bond motifs is 1. The van der Waals surface area contributed by atoms with E-state index in [4.69, 9.17) is 11.0 Å². The number of carbonyl (C=O) groups excluding carboxylic acids is 3. The van der Waals surface area contributed by atoms with E-state index >= 15 is 0 Å². The summed E-state index contributed by atoms with van der Waals surface area (Å²) in [5, 5.41) is 26.0. The fraction of sp³-hybridized carbons (Fsp3) is 0.500. The van der Waals surface area contributed by atoms with Crippen LogP contribution in [0.1, 0.15) is 61.4 Å². The van der Waals surface area contributed by atoms with E-state index < -0.39 is 42.1 Å². The Morgan fingerprint density at radius 3 is 2.49 bits per heavy atom. The minimum Gasteiger partial charge on any atom is -0.480 e. The highest BCUT2D eigenvalue weighted by molar-refractivity contribution is 7.98. The van der Waals surface area contributed by atoms with Crippen LogP contribution in [0.4, 0.5) is 0 Å². The SMILES string of the molecule is CC[C@H](C)[C@H](N)C(N[C@H](C(=O)O)[C@H](CSC)C(=O)C1NCCc2ccccc21)C(=O)[C@@H]1CCC(=O)N1Cc1ccc(C#N)cc1. The van der Waals surface area contributed by atoms with Crippen LogP contribution < -0.4 is 16.4 Å². The number of amides is 1. The first-order valence-electron chi connectivity index (χ1n) is 15.5. The summed E-state index contributed by atoms with van der Waals surface area (Å²) in [4.78, 5) is 55.9. The third-order valence-corrected chi connectivity index (χ3v) is 9.91. The molecule has 4 rings (SSSR count). The summed E-state index contributed by atoms with van der Waals surface area (Å²) in [6, 6.07) is 11.9. The number of carboxylic acid groups (broad SMARTS) is 1. The lowest BCUT2D eigenvalue weighted by atomic mass is 9.83. The lowest BCUT2D eigenvalue weighted by Gasteiger charge is -2.37. The van der Waals surface area contributed by atoms with Crippen LogP contribution in [-0.2, 0) is 32.1 Å². The number of rotatable bonds is 15. The summed E-state index contributed by atoms with van der Waals surface area (Å²) in [6.45, 7) is 4.62. The summed E-state index contributed by atoms with van der Waals surface area (Å²) in [5.41, 5.74) is 9.85. The molecule has 240 valence electrons. The van der Waals surface area contributed by atoms with Gasteiger partial charge in [-0.1, -0.05) is 56.7 Å². The zero-order valence-corrected chi connectivity index (χ0v) is 26.9. The van der Waals surface area contributed by atoms with E-state index in [0.29, 0.717) is 18.5 Å². The van der Waals surface area contributed by atoms with Crippen LogP contribution in [-0.4, -0.2) is 76.2 Å². The second kappa shape index (κ2) is 15.6. The van der Waals surface area contributed by atoms with Gasteiger partial charge in [-0.25, -0.2) is 0 Å². The number of hydrogen-bond acceptors (Lipinski definition) is 9. The van der Waals surface area contributed by atoms with Gasteiger partial charge >= 0.3 is 5.97 Å². The van der Waals surface area contributed by atoms with Gasteiger partial charge in [-0.3, -0.25) is 24.5 Å². The van der Waals surface area contributed by atoms with Crippen LogP contribution in [0.5, 0.6) is 0 Å². The molecular weight excluding hydrogens is 590 g/mol. The number of carbonyl (C=O) groups is 4. The van der Waals surface area contributed by atoms with E-state index in [1.165, 1.54) is 16.7 Å². The van der Waals surface area contributed by atoms with E-state index in [9.17, 15) is 24.3 Å². The summed E-state index contributed by atoms with van der Waals surface area (Å²) >= 11 is 1.37. The number of Topliss-reactive ketones (excluding diaryl/α,β-unsaturated/α-hetero) is 2. The van der Waals surface area contributed by atoms with Gasteiger partial charge in [0.1, 0.15) is 6.04 Å². The average Bonchev–Trinajstić information content (AvgIpc) is 3.42. The van der Waals surface area contributed by atoms with Crippen molar-refractivity contribution in [2.24, 2.45) is 17.6 Å². The predicted octanol–water partition coefficient (Wildman–Crippen LogP) is 2.84. The van der Waals surface area contributed by atoms with E-state index in [0.717, 1.165) is 23.1 Å². The molecule has 0 radical (unpaired) electrons. The number of hydrogen-bond donors (Lipinski definition) is 4. The summed E-state index contributed by atoms with van der Waals surface area (Å²) < 4.78 is 0. The molecule has 1 saturated heterocycles. The monoisotopic (exact) mass is 633 g/mol. The lowest BCUT2D eigenvalue weighted by Crippen LogP contribution is -2.63. The van der Waals surface area contributed by atoms with E-state index in [1.54, 1.807) is 24.3 Å². The number of likely N-dealkylation sites (tertiary alicyclic amines) is 1. The first-order chi connectivity index (χ1) is 21.6. The maximum absolute atomic E-state index is 14.4. The molecule has 2 unspecified atom stereocenters. The van der Waals surface area contributed by atoms with Crippen molar-refractivity contribution >= 4 is 35.2 Å². The van der Waals surface area contributed by atoms with Crippen molar-refractivity contribution in [2.75, 3.05) is 18.6 Å². The largest absolute Gasteiger partial charge is 0.480 e. The molecule has 45 heavy (non-hydrogen) atoms. The quantitative estimate of drug-likeness (QED) is 0.229. The third kappa shape index (κ3) is 7.82. The van der Waals surface area contributed by atoms with Crippen molar-refractivity contribution < 1.29 is 24.3 Å². The molecule has 0 saturated carbocycles. The van der Waals surface area contributed by atoms with Crippen LogP contribution >= 0.6 is 11.8 Å². The molecule has 2 aliphatic heterocycles. The maximum Gasteiger partial charge on any atom is 0.321 e. The Labute approximate surface area is 269 Å². The Balaban J connectivity index is 1.64. The maximum atomic E-state index is 14.4. The Bertz CT molecular complexity index is 1430. The van der Waals surface area contributed by atoms with E-state index in [-0.39, 0.29) is 48.5 Å². The third-order valence-electron chi connectivity index (χ3n) is 9.22. The van der Waals surface area contributed by atoms with Crippen LogP contribution in [0.3, 0.4) is 0 Å². The standard InChI is InChI=1S/C34H43N5O5S/c1-4-20(2)28(36)31(33(42)26-13-14-27(40)39(26)18-22-11-9-21(17-35)10-12-22)38-30(34(43)44)25(19-45-3)32(41)29-24-8-6-5-7-23(24)15-16-37-29/h5-12,20,25-26,28-31,37-38H,4,13-16,18-19,36H2,1-3H3,(H,43,44)/t20-,25-,26-,28-,29?,30-,31?/m0/s1. The van der Waals surface area contributed by atoms with E-state index in [1.807, 2.05) is 44.4 Å². The highest BCUT2D eigenvalue weighted by Gasteiger charge is 2.45. The van der Waals surface area contributed by atoms with Crippen LogP contribution in [0.25, 0.3) is 0 Å². The van der Waals surface area contributed by atoms with Crippen molar-refractivity contribution in [3.05, 3.63) is 70.8 Å². The summed E-state index contributed by atoms with van der Waals surface area (Å²) in [5.74, 6) is -2.90. The fourth-order valence-electron chi connectivity index (χ4n) is 6.35. The molecule has 10 nitrogen and oxygen atoms in total. The highest BCUT2D eigenvalue weighted by atomic mass is 32.2. The van der Waals surface area contributed by atoms with Crippen molar-refractivity contribution in [1.29, 1.82) is 5.26 Å². The molecule has 2 aliphatic rings. The van der Waals surface area contributed by atoms with Gasteiger partial charge in [0.15, 0.2) is 11.6 Å². The van der Waals surface area contributed by atoms with E-state index in [2.05, 4.69) is 16.7 Å². The van der Waals surface area contributed by atoms with Gasteiger partial charge in [0.2, 0.25) is 5.91 Å². The van der Waals surface area contributed by atoms with Gasteiger partial charge in [-0.2, -0.15) is 17.0 Å². The molecule has 11 heteroatoms. The number of carboxylic acids is 1. The van der Waals surface area contributed by atoms with Gasteiger partial charge in [-0.15, -0.1) is 0 Å². The van der Waals surface area contributed by atoms with Gasteiger partial charge in [0, 0.05) is 31.3 Å². The van der Waals surface area contributed by atoms with Crippen molar-refractivity contribution in [1.82, 2.24) is 15.5 Å². The molecule has 0 spiro atoms. The van der Waals surface area contributed by atoms with Crippen LogP contribution in [0.2, 0.25) is 0 Å². The molecule has 1 fully saturated rings. The number of thioether (sulfide) groups is 1. The lowest BCUT2D eigenvalue weighted by molar-refractivity contribution is -0.145. The minimum absolute atomic E-state index is 0.147. The molecule has 7 atom stereocenters. The van der Waals surface area contributed by atoms with Gasteiger partial charge in [0.25, 0.3) is 0 Å². The topological polar surface area (TPSA) is 166 Å². The van der Waals surface area contributed by atoms with Crippen LogP contribution in [0.15, 0.2) is 48.5 Å². The number of aliphatic carboxylic acids is 1. The average molecular weight is 634 g/mol. The minimum atomic E-state index is -1.38. The molecule has 2 aromatic rings. The molecule has 0 bridgehead atoms. The Morgan fingerprint density at radius 1 is 1.13 bits per heavy atom.